The first-order valence-electron chi connectivity index (χ1n) is 4.45. The lowest BCUT2D eigenvalue weighted by Gasteiger charge is -2.12. The molecule has 0 heterocycles. The van der Waals surface area contributed by atoms with E-state index in [1.807, 2.05) is 0 Å². The summed E-state index contributed by atoms with van der Waals surface area (Å²) >= 11 is 0. The van der Waals surface area contributed by atoms with Gasteiger partial charge in [0.25, 0.3) is 0 Å². The van der Waals surface area contributed by atoms with Gasteiger partial charge in [-0.25, -0.2) is 0 Å². The maximum atomic E-state index is 2.25. The molecule has 0 atom stereocenters. The molecule has 12 heavy (non-hydrogen) atoms. The fourth-order valence-corrected chi connectivity index (χ4v) is 2.15. The minimum Gasteiger partial charge on any atom is -0.0617 e. The summed E-state index contributed by atoms with van der Waals surface area (Å²) < 4.78 is 0. The van der Waals surface area contributed by atoms with Gasteiger partial charge in [-0.15, -0.1) is 0 Å². The SMILES string of the molecule is c1cc2c3cccc-3c(c1)CC2. The maximum Gasteiger partial charge on any atom is -0.0149 e. The minimum atomic E-state index is 1.22. The van der Waals surface area contributed by atoms with E-state index in [1.54, 1.807) is 0 Å². The van der Waals surface area contributed by atoms with Gasteiger partial charge in [0.05, 0.1) is 0 Å². The second-order valence-corrected chi connectivity index (χ2v) is 3.43. The van der Waals surface area contributed by atoms with Gasteiger partial charge in [-0.05, 0) is 35.1 Å². The van der Waals surface area contributed by atoms with Crippen molar-refractivity contribution in [1.29, 1.82) is 0 Å². The van der Waals surface area contributed by atoms with E-state index in [9.17, 15) is 0 Å². The number of rotatable bonds is 0. The minimum absolute atomic E-state index is 1.22. The summed E-state index contributed by atoms with van der Waals surface area (Å²) in [5.74, 6) is 0. The van der Waals surface area contributed by atoms with Crippen molar-refractivity contribution >= 4 is 0 Å². The number of aryl methyl sites for hydroxylation is 2. The molecule has 0 fully saturated rings. The van der Waals surface area contributed by atoms with Crippen LogP contribution in [0.25, 0.3) is 11.1 Å². The first-order valence-corrected chi connectivity index (χ1v) is 4.45. The third-order valence-electron chi connectivity index (χ3n) is 2.77. The molecule has 0 nitrogen and oxygen atoms in total. The van der Waals surface area contributed by atoms with E-state index < -0.39 is 0 Å². The highest BCUT2D eigenvalue weighted by Gasteiger charge is 2.15. The second kappa shape index (κ2) is 2.10. The molecule has 0 aliphatic heterocycles. The molecule has 0 spiro atoms. The van der Waals surface area contributed by atoms with E-state index in [0.29, 0.717) is 0 Å². The van der Waals surface area contributed by atoms with Crippen LogP contribution in [0.1, 0.15) is 11.1 Å². The Morgan fingerprint density at radius 3 is 1.75 bits per heavy atom. The zero-order valence-corrected chi connectivity index (χ0v) is 6.88. The molecular weight excluding hydrogens is 144 g/mol. The average molecular weight is 154 g/mol. The Bertz CT molecular complexity index is 365. The van der Waals surface area contributed by atoms with Crippen LogP contribution in [0.4, 0.5) is 0 Å². The molecule has 0 radical (unpaired) electrons. The van der Waals surface area contributed by atoms with Crippen molar-refractivity contribution in [3.05, 3.63) is 47.5 Å². The van der Waals surface area contributed by atoms with Crippen LogP contribution >= 0.6 is 0 Å². The van der Waals surface area contributed by atoms with Crippen LogP contribution in [-0.4, -0.2) is 0 Å². The van der Waals surface area contributed by atoms with Crippen molar-refractivity contribution in [1.82, 2.24) is 0 Å². The molecule has 0 saturated carbocycles. The molecule has 4 aliphatic rings. The number of hydrogen-bond acceptors (Lipinski definition) is 0. The lowest BCUT2D eigenvalue weighted by Crippen LogP contribution is -1.97. The standard InChI is InChI=1S/C12H10/c1-3-9-7-8-10(4-1)12-6-2-5-11(9)12/h1-6H,7-8H2. The molecule has 0 aromatic carbocycles. The fourth-order valence-electron chi connectivity index (χ4n) is 2.15. The lowest BCUT2D eigenvalue weighted by atomic mass is 9.92. The summed E-state index contributed by atoms with van der Waals surface area (Å²) in [5.41, 5.74) is 5.93. The van der Waals surface area contributed by atoms with Crippen molar-refractivity contribution in [2.45, 2.75) is 12.8 Å². The van der Waals surface area contributed by atoms with Crippen molar-refractivity contribution in [2.75, 3.05) is 0 Å². The van der Waals surface area contributed by atoms with Gasteiger partial charge in [0.2, 0.25) is 0 Å². The Hall–Kier alpha value is -1.30. The van der Waals surface area contributed by atoms with E-state index in [2.05, 4.69) is 36.4 Å². The molecule has 0 unspecified atom stereocenters. The third-order valence-corrected chi connectivity index (χ3v) is 2.77. The van der Waals surface area contributed by atoms with Crippen LogP contribution in [0.5, 0.6) is 0 Å². The molecule has 0 heteroatoms. The molecule has 2 bridgehead atoms. The van der Waals surface area contributed by atoms with Crippen LogP contribution in [0.15, 0.2) is 36.4 Å². The molecule has 0 aromatic heterocycles. The quantitative estimate of drug-likeness (QED) is 0.547. The molecule has 0 N–H and O–H groups in total. The number of hydrogen-bond donors (Lipinski definition) is 0. The molecule has 0 saturated heterocycles. The highest BCUT2D eigenvalue weighted by atomic mass is 14.2. The molecule has 58 valence electrons. The normalized spacial score (nSPS) is 14.0. The highest BCUT2D eigenvalue weighted by molar-refractivity contribution is 5.74. The smallest absolute Gasteiger partial charge is 0.0149 e. The summed E-state index contributed by atoms with van der Waals surface area (Å²) in [4.78, 5) is 0. The van der Waals surface area contributed by atoms with Gasteiger partial charge < -0.3 is 0 Å². The van der Waals surface area contributed by atoms with Crippen LogP contribution in [-0.2, 0) is 12.8 Å². The Morgan fingerprint density at radius 1 is 0.667 bits per heavy atom. The summed E-state index contributed by atoms with van der Waals surface area (Å²) in [6, 6.07) is 13.3. The molecule has 0 aromatic rings. The van der Waals surface area contributed by atoms with Crippen LogP contribution in [0.2, 0.25) is 0 Å². The van der Waals surface area contributed by atoms with E-state index in [4.69, 9.17) is 0 Å². The summed E-state index contributed by atoms with van der Waals surface area (Å²) in [5, 5.41) is 0. The van der Waals surface area contributed by atoms with E-state index >= 15 is 0 Å². The molecule has 4 rings (SSSR count). The summed E-state index contributed by atoms with van der Waals surface area (Å²) in [7, 11) is 0. The Kier molecular flexibility index (Phi) is 1.09. The topological polar surface area (TPSA) is 0 Å². The monoisotopic (exact) mass is 154 g/mol. The van der Waals surface area contributed by atoms with Gasteiger partial charge >= 0.3 is 0 Å². The summed E-state index contributed by atoms with van der Waals surface area (Å²) in [6.45, 7) is 0. The molecular formula is C12H10. The zero-order valence-electron chi connectivity index (χ0n) is 6.88. The van der Waals surface area contributed by atoms with Crippen molar-refractivity contribution in [3.8, 4) is 11.1 Å². The number of fused-ring (bicyclic) bond motifs is 3. The van der Waals surface area contributed by atoms with Gasteiger partial charge in [0.1, 0.15) is 0 Å². The van der Waals surface area contributed by atoms with Crippen molar-refractivity contribution < 1.29 is 0 Å². The predicted molar refractivity (Wildman–Crippen MR) is 50.5 cm³/mol. The van der Waals surface area contributed by atoms with Crippen molar-refractivity contribution in [2.24, 2.45) is 0 Å². The largest absolute Gasteiger partial charge is 0.0617 e. The van der Waals surface area contributed by atoms with Crippen LogP contribution < -0.4 is 0 Å². The van der Waals surface area contributed by atoms with Crippen LogP contribution in [0.3, 0.4) is 0 Å². The Morgan fingerprint density at radius 2 is 1.17 bits per heavy atom. The van der Waals surface area contributed by atoms with Crippen molar-refractivity contribution in [3.63, 3.8) is 0 Å². The first kappa shape index (κ1) is 6.24. The summed E-state index contributed by atoms with van der Waals surface area (Å²) in [6.07, 6.45) is 2.44. The highest BCUT2D eigenvalue weighted by Crippen LogP contribution is 2.34. The van der Waals surface area contributed by atoms with Gasteiger partial charge in [0, 0.05) is 0 Å². The Labute approximate surface area is 72.2 Å². The first-order chi connectivity index (χ1) is 5.95. The van der Waals surface area contributed by atoms with Crippen LogP contribution in [0, 0.1) is 0 Å². The third kappa shape index (κ3) is 0.672. The lowest BCUT2D eigenvalue weighted by molar-refractivity contribution is 0.956. The second-order valence-electron chi connectivity index (χ2n) is 3.43. The molecule has 0 amide bonds. The Balaban J connectivity index is 2.50. The zero-order chi connectivity index (χ0) is 7.97. The van der Waals surface area contributed by atoms with Gasteiger partial charge in [-0.3, -0.25) is 0 Å². The molecule has 4 aliphatic carbocycles. The van der Waals surface area contributed by atoms with E-state index in [1.165, 1.54) is 35.1 Å². The van der Waals surface area contributed by atoms with Gasteiger partial charge in [-0.2, -0.15) is 0 Å². The van der Waals surface area contributed by atoms with Gasteiger partial charge in [0.15, 0.2) is 0 Å². The van der Waals surface area contributed by atoms with Gasteiger partial charge in [-0.1, -0.05) is 36.4 Å². The van der Waals surface area contributed by atoms with E-state index in [-0.39, 0.29) is 0 Å². The maximum absolute atomic E-state index is 2.25. The predicted octanol–water partition coefficient (Wildman–Crippen LogP) is 2.89. The average Bonchev–Trinajstić information content (AvgIpc) is 2.40. The van der Waals surface area contributed by atoms with E-state index in [0.717, 1.165) is 0 Å². The fraction of sp³-hybridized carbons (Fsp3) is 0.167.